The average molecular weight is 625 g/mol. The van der Waals surface area contributed by atoms with Gasteiger partial charge in [0, 0.05) is 35.5 Å². The standard InChI is InChI=1S/C34H40N8O4/c1-34(2)17-23-28(32(44)38-26(18-35)20-8-6-5-7-9-20)41-46-30(23)29-24(34)19-36-33(40-29)39-25-11-10-21(16-27(25)45-4)31(43)37-22-12-14-42(3)15-13-22/h5-11,16,19,22,26H,12-15,17-18,35H2,1-4H3,(H,37,43)(H,38,44)(H,36,39,40)/t26-/m1/s1. The highest BCUT2D eigenvalue weighted by atomic mass is 16.5. The molecule has 2 aromatic carbocycles. The summed E-state index contributed by atoms with van der Waals surface area (Å²) in [6, 6.07) is 14.6. The van der Waals surface area contributed by atoms with Gasteiger partial charge in [-0.25, -0.2) is 9.97 Å². The first kappa shape index (κ1) is 31.2. The summed E-state index contributed by atoms with van der Waals surface area (Å²) in [5, 5.41) is 13.6. The number of aromatic nitrogens is 3. The van der Waals surface area contributed by atoms with Crippen LogP contribution in [0.2, 0.25) is 0 Å². The maximum Gasteiger partial charge on any atom is 0.274 e. The van der Waals surface area contributed by atoms with Gasteiger partial charge in [0.05, 0.1) is 18.8 Å². The predicted molar refractivity (Wildman–Crippen MR) is 174 cm³/mol. The molecule has 2 amide bonds. The number of carbonyl (C=O) groups excluding carboxylic acids is 2. The first-order valence-electron chi connectivity index (χ1n) is 15.5. The van der Waals surface area contributed by atoms with Crippen LogP contribution in [0.25, 0.3) is 11.5 Å². The first-order valence-corrected chi connectivity index (χ1v) is 15.5. The summed E-state index contributed by atoms with van der Waals surface area (Å²) in [4.78, 5) is 38.1. The third-order valence-corrected chi connectivity index (χ3v) is 8.86. The Morgan fingerprint density at radius 1 is 1.13 bits per heavy atom. The van der Waals surface area contributed by atoms with Gasteiger partial charge in [-0.05, 0) is 68.6 Å². The van der Waals surface area contributed by atoms with E-state index in [1.165, 1.54) is 0 Å². The number of nitrogens with one attached hydrogen (secondary N) is 3. The zero-order valence-corrected chi connectivity index (χ0v) is 26.6. The highest BCUT2D eigenvalue weighted by Gasteiger charge is 2.39. The molecule has 0 saturated carbocycles. The van der Waals surface area contributed by atoms with E-state index >= 15 is 0 Å². The molecule has 0 unspecified atom stereocenters. The normalized spacial score (nSPS) is 16.5. The van der Waals surface area contributed by atoms with E-state index in [-0.39, 0.29) is 36.1 Å². The minimum atomic E-state index is -0.394. The third-order valence-electron chi connectivity index (χ3n) is 8.86. The van der Waals surface area contributed by atoms with Crippen molar-refractivity contribution in [2.45, 2.75) is 50.6 Å². The molecule has 4 aromatic rings. The van der Waals surface area contributed by atoms with Gasteiger partial charge in [0.1, 0.15) is 11.4 Å². The summed E-state index contributed by atoms with van der Waals surface area (Å²) in [5.74, 6) is 0.720. The molecule has 12 heteroatoms. The molecule has 2 aliphatic rings. The summed E-state index contributed by atoms with van der Waals surface area (Å²) >= 11 is 0. The summed E-state index contributed by atoms with van der Waals surface area (Å²) in [5.41, 5.74) is 9.96. The van der Waals surface area contributed by atoms with Gasteiger partial charge in [-0.15, -0.1) is 0 Å². The molecule has 6 rings (SSSR count). The molecule has 1 aliphatic carbocycles. The first-order chi connectivity index (χ1) is 22.2. The second-order valence-corrected chi connectivity index (χ2v) is 12.6. The van der Waals surface area contributed by atoms with Crippen molar-refractivity contribution in [1.82, 2.24) is 30.7 Å². The lowest BCUT2D eigenvalue weighted by Crippen LogP contribution is -2.43. The van der Waals surface area contributed by atoms with Crippen LogP contribution in [0.1, 0.15) is 70.3 Å². The minimum absolute atomic E-state index is 0.133. The van der Waals surface area contributed by atoms with Crippen molar-refractivity contribution in [2.24, 2.45) is 5.73 Å². The Morgan fingerprint density at radius 3 is 2.61 bits per heavy atom. The lowest BCUT2D eigenvalue weighted by molar-refractivity contribution is 0.0912. The second-order valence-electron chi connectivity index (χ2n) is 12.6. The Balaban J connectivity index is 1.23. The van der Waals surface area contributed by atoms with Crippen LogP contribution in [0.5, 0.6) is 5.75 Å². The Kier molecular flexibility index (Phi) is 8.74. The molecule has 2 aromatic heterocycles. The molecule has 0 spiro atoms. The van der Waals surface area contributed by atoms with Gasteiger partial charge in [-0.1, -0.05) is 49.3 Å². The Hall–Kier alpha value is -4.81. The highest BCUT2D eigenvalue weighted by molar-refractivity contribution is 5.96. The molecule has 1 saturated heterocycles. The third kappa shape index (κ3) is 6.31. The van der Waals surface area contributed by atoms with Crippen LogP contribution in [-0.4, -0.2) is 71.7 Å². The zero-order chi connectivity index (χ0) is 32.4. The lowest BCUT2D eigenvalue weighted by atomic mass is 9.74. The van der Waals surface area contributed by atoms with E-state index in [9.17, 15) is 9.59 Å². The number of nitrogens with two attached hydrogens (primary N) is 1. The van der Waals surface area contributed by atoms with E-state index in [1.807, 2.05) is 30.3 Å². The van der Waals surface area contributed by atoms with E-state index < -0.39 is 5.41 Å². The monoisotopic (exact) mass is 624 g/mol. The number of fused-ring (bicyclic) bond motifs is 3. The molecule has 1 aliphatic heterocycles. The summed E-state index contributed by atoms with van der Waals surface area (Å²) in [6.07, 6.45) is 4.13. The number of piperidine rings is 1. The summed E-state index contributed by atoms with van der Waals surface area (Å²) in [7, 11) is 3.64. The van der Waals surface area contributed by atoms with E-state index in [2.05, 4.69) is 51.9 Å². The lowest BCUT2D eigenvalue weighted by Gasteiger charge is -2.30. The molecule has 12 nitrogen and oxygen atoms in total. The van der Waals surface area contributed by atoms with Crippen molar-refractivity contribution in [3.63, 3.8) is 0 Å². The maximum absolute atomic E-state index is 13.4. The van der Waals surface area contributed by atoms with Gasteiger partial charge in [-0.3, -0.25) is 9.59 Å². The number of amides is 2. The molecule has 0 bridgehead atoms. The van der Waals surface area contributed by atoms with E-state index in [0.29, 0.717) is 46.4 Å². The van der Waals surface area contributed by atoms with Crippen molar-refractivity contribution >= 4 is 23.5 Å². The number of hydrogen-bond donors (Lipinski definition) is 4. The molecule has 46 heavy (non-hydrogen) atoms. The van der Waals surface area contributed by atoms with Crippen LogP contribution in [0.3, 0.4) is 0 Å². The van der Waals surface area contributed by atoms with Crippen LogP contribution in [0, 0.1) is 0 Å². The molecule has 0 radical (unpaired) electrons. The smallest absolute Gasteiger partial charge is 0.274 e. The topological polar surface area (TPSA) is 161 Å². The van der Waals surface area contributed by atoms with Gasteiger partial charge in [0.25, 0.3) is 11.8 Å². The predicted octanol–water partition coefficient (Wildman–Crippen LogP) is 3.97. The fraction of sp³-hybridized carbons (Fsp3) is 0.382. The molecule has 3 heterocycles. The summed E-state index contributed by atoms with van der Waals surface area (Å²) < 4.78 is 11.4. The van der Waals surface area contributed by atoms with E-state index in [0.717, 1.165) is 37.1 Å². The highest BCUT2D eigenvalue weighted by Crippen LogP contribution is 2.43. The Morgan fingerprint density at radius 2 is 1.89 bits per heavy atom. The van der Waals surface area contributed by atoms with Crippen molar-refractivity contribution < 1.29 is 18.8 Å². The van der Waals surface area contributed by atoms with Crippen LogP contribution in [0.4, 0.5) is 11.6 Å². The van der Waals surface area contributed by atoms with Crippen LogP contribution in [-0.2, 0) is 11.8 Å². The maximum atomic E-state index is 13.4. The van der Waals surface area contributed by atoms with Gasteiger partial charge >= 0.3 is 0 Å². The quantitative estimate of drug-likeness (QED) is 0.215. The molecular weight excluding hydrogens is 584 g/mol. The number of likely N-dealkylation sites (tertiary alicyclic amines) is 1. The van der Waals surface area contributed by atoms with E-state index in [4.69, 9.17) is 20.0 Å². The number of anilines is 2. The SMILES string of the molecule is COc1cc(C(=O)NC2CCN(C)CC2)ccc1Nc1ncc2c(n1)-c1onc(C(=O)N[C@H](CN)c3ccccc3)c1CC2(C)C. The van der Waals surface area contributed by atoms with E-state index in [1.54, 1.807) is 31.5 Å². The van der Waals surface area contributed by atoms with Gasteiger partial charge in [-0.2, -0.15) is 0 Å². The minimum Gasteiger partial charge on any atom is -0.495 e. The van der Waals surface area contributed by atoms with Crippen LogP contribution < -0.4 is 26.4 Å². The fourth-order valence-electron chi connectivity index (χ4n) is 6.15. The molecule has 1 fully saturated rings. The van der Waals surface area contributed by atoms with Gasteiger partial charge in [0.15, 0.2) is 11.5 Å². The number of ether oxygens (including phenoxy) is 1. The Bertz CT molecular complexity index is 1730. The Labute approximate surface area is 268 Å². The van der Waals surface area contributed by atoms with Crippen molar-refractivity contribution in [1.29, 1.82) is 0 Å². The molecule has 240 valence electrons. The fourth-order valence-corrected chi connectivity index (χ4v) is 6.15. The van der Waals surface area contributed by atoms with Crippen molar-refractivity contribution in [2.75, 3.05) is 39.1 Å². The summed E-state index contributed by atoms with van der Waals surface area (Å²) in [6.45, 7) is 6.31. The second kappa shape index (κ2) is 12.9. The number of benzene rings is 2. The number of carbonyl (C=O) groups is 2. The largest absolute Gasteiger partial charge is 0.495 e. The molecule has 1 atom stereocenters. The number of rotatable bonds is 9. The molecular formula is C34H40N8O4. The van der Waals surface area contributed by atoms with Crippen LogP contribution in [0.15, 0.2) is 59.3 Å². The van der Waals surface area contributed by atoms with Crippen molar-refractivity contribution in [3.05, 3.63) is 82.7 Å². The number of nitrogens with zero attached hydrogens (tertiary/aromatic N) is 4. The van der Waals surface area contributed by atoms with Gasteiger partial charge in [0.2, 0.25) is 5.95 Å². The molecule has 5 N–H and O–H groups in total. The average Bonchev–Trinajstić information content (AvgIpc) is 3.48. The number of hydrogen-bond acceptors (Lipinski definition) is 10. The van der Waals surface area contributed by atoms with Crippen molar-refractivity contribution in [3.8, 4) is 17.2 Å². The van der Waals surface area contributed by atoms with Gasteiger partial charge < -0.3 is 35.8 Å². The zero-order valence-electron chi connectivity index (χ0n) is 26.6. The number of methoxy groups -OCH3 is 1. The van der Waals surface area contributed by atoms with Crippen LogP contribution >= 0.6 is 0 Å².